The van der Waals surface area contributed by atoms with Gasteiger partial charge in [0.05, 0.1) is 17.1 Å². The van der Waals surface area contributed by atoms with Crippen molar-refractivity contribution < 1.29 is 18.3 Å². The predicted molar refractivity (Wildman–Crippen MR) is 75.9 cm³/mol. The number of nitrogens with one attached hydrogen (secondary N) is 1. The van der Waals surface area contributed by atoms with Crippen LogP contribution in [0.3, 0.4) is 0 Å². The lowest BCUT2D eigenvalue weighted by molar-refractivity contribution is 0.0696. The normalized spacial score (nSPS) is 21.4. The third-order valence-electron chi connectivity index (χ3n) is 3.30. The second-order valence-electron chi connectivity index (χ2n) is 4.99. The Morgan fingerprint density at radius 1 is 1.50 bits per heavy atom. The van der Waals surface area contributed by atoms with Crippen LogP contribution in [0.2, 0.25) is 0 Å². The molecule has 20 heavy (non-hydrogen) atoms. The number of aromatic carboxylic acids is 1. The molecule has 0 saturated carbocycles. The Labute approximate surface area is 118 Å². The average molecular weight is 298 g/mol. The molecule has 6 nitrogen and oxygen atoms in total. The van der Waals surface area contributed by atoms with E-state index in [2.05, 4.69) is 10.3 Å². The second kappa shape index (κ2) is 5.78. The number of sulfone groups is 1. The minimum atomic E-state index is -3.00. The summed E-state index contributed by atoms with van der Waals surface area (Å²) in [6.07, 6.45) is 2.00. The summed E-state index contributed by atoms with van der Waals surface area (Å²) in [7, 11) is -3.00. The van der Waals surface area contributed by atoms with Gasteiger partial charge in [-0.05, 0) is 31.4 Å². The second-order valence-corrected chi connectivity index (χ2v) is 7.22. The van der Waals surface area contributed by atoms with Gasteiger partial charge in [-0.3, -0.25) is 0 Å². The number of aryl methyl sites for hydroxylation is 1. The van der Waals surface area contributed by atoms with Crippen LogP contribution in [0, 0.1) is 0 Å². The van der Waals surface area contributed by atoms with E-state index in [1.54, 1.807) is 0 Å². The van der Waals surface area contributed by atoms with Crippen molar-refractivity contribution in [2.75, 3.05) is 16.8 Å². The zero-order valence-electron chi connectivity index (χ0n) is 11.3. The van der Waals surface area contributed by atoms with Crippen LogP contribution in [0.5, 0.6) is 0 Å². The summed E-state index contributed by atoms with van der Waals surface area (Å²) < 4.78 is 23.2. The molecule has 1 fully saturated rings. The number of hydrogen-bond acceptors (Lipinski definition) is 5. The van der Waals surface area contributed by atoms with E-state index in [1.165, 1.54) is 12.1 Å². The summed E-state index contributed by atoms with van der Waals surface area (Å²) in [5.41, 5.74) is 0.837. The number of nitrogens with zero attached hydrogens (tertiary/aromatic N) is 1. The Hall–Kier alpha value is -1.63. The summed E-state index contributed by atoms with van der Waals surface area (Å²) in [6.45, 7) is 1.89. The lowest BCUT2D eigenvalue weighted by atomic mass is 10.1. The van der Waals surface area contributed by atoms with Crippen molar-refractivity contribution in [2.45, 2.75) is 32.2 Å². The van der Waals surface area contributed by atoms with Crippen molar-refractivity contribution in [3.8, 4) is 0 Å². The molecule has 2 rings (SSSR count). The average Bonchev–Trinajstić information content (AvgIpc) is 2.37. The fourth-order valence-electron chi connectivity index (χ4n) is 2.31. The highest BCUT2D eigenvalue weighted by Crippen LogP contribution is 2.18. The van der Waals surface area contributed by atoms with Crippen LogP contribution in [0.1, 0.15) is 35.8 Å². The number of carboxylic acids is 1. The molecule has 1 saturated heterocycles. The van der Waals surface area contributed by atoms with Crippen molar-refractivity contribution in [3.05, 3.63) is 23.4 Å². The van der Waals surface area contributed by atoms with Gasteiger partial charge in [0, 0.05) is 11.7 Å². The monoisotopic (exact) mass is 298 g/mol. The first kappa shape index (κ1) is 14.8. The molecule has 0 spiro atoms. The number of hydrogen-bond donors (Lipinski definition) is 2. The van der Waals surface area contributed by atoms with E-state index in [0.29, 0.717) is 24.4 Å². The minimum absolute atomic E-state index is 0.0768. The number of carboxylic acid groups (broad SMARTS) is 1. The number of anilines is 1. The lowest BCUT2D eigenvalue weighted by Gasteiger charge is -2.23. The summed E-state index contributed by atoms with van der Waals surface area (Å²) in [5, 5.41) is 12.1. The molecule has 1 unspecified atom stereocenters. The number of aromatic nitrogens is 1. The summed E-state index contributed by atoms with van der Waals surface area (Å²) >= 11 is 0. The van der Waals surface area contributed by atoms with E-state index in [-0.39, 0.29) is 23.1 Å². The van der Waals surface area contributed by atoms with Crippen LogP contribution < -0.4 is 5.32 Å². The van der Waals surface area contributed by atoms with E-state index in [1.807, 2.05) is 6.92 Å². The highest BCUT2D eigenvalue weighted by Gasteiger charge is 2.25. The van der Waals surface area contributed by atoms with E-state index >= 15 is 0 Å². The maximum atomic E-state index is 11.6. The minimum Gasteiger partial charge on any atom is -0.478 e. The van der Waals surface area contributed by atoms with Crippen LogP contribution in [0.25, 0.3) is 0 Å². The van der Waals surface area contributed by atoms with Crippen molar-refractivity contribution >= 4 is 21.6 Å². The molecule has 1 atom stereocenters. The van der Waals surface area contributed by atoms with Gasteiger partial charge in [-0.15, -0.1) is 0 Å². The van der Waals surface area contributed by atoms with Crippen molar-refractivity contribution in [3.63, 3.8) is 0 Å². The van der Waals surface area contributed by atoms with Gasteiger partial charge in [0.15, 0.2) is 9.84 Å². The Bertz CT molecular complexity index is 613. The predicted octanol–water partition coefficient (Wildman–Crippen LogP) is 1.33. The number of pyridine rings is 1. The van der Waals surface area contributed by atoms with Crippen molar-refractivity contribution in [1.82, 2.24) is 4.98 Å². The molecule has 0 radical (unpaired) electrons. The molecule has 0 amide bonds. The van der Waals surface area contributed by atoms with Gasteiger partial charge in [-0.25, -0.2) is 18.2 Å². The van der Waals surface area contributed by atoms with E-state index < -0.39 is 15.8 Å². The number of carbonyl (C=O) groups is 1. The molecule has 1 aromatic rings. The van der Waals surface area contributed by atoms with Gasteiger partial charge in [0.2, 0.25) is 0 Å². The van der Waals surface area contributed by atoms with E-state index in [4.69, 9.17) is 5.11 Å². The molecular weight excluding hydrogens is 280 g/mol. The Kier molecular flexibility index (Phi) is 4.27. The first-order valence-electron chi connectivity index (χ1n) is 6.61. The summed E-state index contributed by atoms with van der Waals surface area (Å²) in [4.78, 5) is 15.4. The Balaban J connectivity index is 2.20. The SMILES string of the molecule is CCc1cc(C(=O)O)cc(NC2CCCS(=O)(=O)C2)n1. The molecule has 110 valence electrons. The fourth-order valence-corrected chi connectivity index (χ4v) is 3.95. The van der Waals surface area contributed by atoms with Crippen molar-refractivity contribution in [1.29, 1.82) is 0 Å². The Morgan fingerprint density at radius 2 is 2.25 bits per heavy atom. The molecule has 0 aromatic carbocycles. The zero-order valence-corrected chi connectivity index (χ0v) is 12.1. The topological polar surface area (TPSA) is 96.4 Å². The molecule has 2 N–H and O–H groups in total. The van der Waals surface area contributed by atoms with Crippen LogP contribution in [-0.2, 0) is 16.3 Å². The summed E-state index contributed by atoms with van der Waals surface area (Å²) in [5.74, 6) is -0.271. The van der Waals surface area contributed by atoms with Gasteiger partial charge >= 0.3 is 5.97 Å². The van der Waals surface area contributed by atoms with Gasteiger partial charge in [0.25, 0.3) is 0 Å². The molecule has 1 aliphatic rings. The third kappa shape index (κ3) is 3.69. The molecule has 0 aliphatic carbocycles. The standard InChI is InChI=1S/C13H18N2O4S/c1-2-10-6-9(13(16)17)7-12(14-10)15-11-4-3-5-20(18,19)8-11/h6-7,11H,2-5,8H2,1H3,(H,14,15)(H,16,17). The van der Waals surface area contributed by atoms with E-state index in [0.717, 1.165) is 6.42 Å². The highest BCUT2D eigenvalue weighted by atomic mass is 32.2. The van der Waals surface area contributed by atoms with Gasteiger partial charge in [-0.2, -0.15) is 0 Å². The van der Waals surface area contributed by atoms with Gasteiger partial charge in [0.1, 0.15) is 5.82 Å². The van der Waals surface area contributed by atoms with Crippen molar-refractivity contribution in [2.24, 2.45) is 0 Å². The molecule has 1 aromatic heterocycles. The molecule has 0 bridgehead atoms. The first-order valence-corrected chi connectivity index (χ1v) is 8.43. The molecule has 7 heteroatoms. The summed E-state index contributed by atoms with van der Waals surface area (Å²) in [6, 6.07) is 2.78. The molecule has 1 aliphatic heterocycles. The van der Waals surface area contributed by atoms with E-state index in [9.17, 15) is 13.2 Å². The van der Waals surface area contributed by atoms with Gasteiger partial charge in [-0.1, -0.05) is 6.92 Å². The largest absolute Gasteiger partial charge is 0.478 e. The van der Waals surface area contributed by atoms with Crippen LogP contribution in [-0.4, -0.2) is 42.0 Å². The smallest absolute Gasteiger partial charge is 0.335 e. The number of rotatable bonds is 4. The maximum Gasteiger partial charge on any atom is 0.335 e. The molecular formula is C13H18N2O4S. The van der Waals surface area contributed by atoms with Crippen LogP contribution >= 0.6 is 0 Å². The zero-order chi connectivity index (χ0) is 14.8. The van der Waals surface area contributed by atoms with Crippen LogP contribution in [0.15, 0.2) is 12.1 Å². The van der Waals surface area contributed by atoms with Gasteiger partial charge < -0.3 is 10.4 Å². The first-order chi connectivity index (χ1) is 9.39. The highest BCUT2D eigenvalue weighted by molar-refractivity contribution is 7.91. The lowest BCUT2D eigenvalue weighted by Crippen LogP contribution is -2.35. The Morgan fingerprint density at radius 3 is 2.85 bits per heavy atom. The van der Waals surface area contributed by atoms with Crippen LogP contribution in [0.4, 0.5) is 5.82 Å². The fraction of sp³-hybridized carbons (Fsp3) is 0.538. The maximum absolute atomic E-state index is 11.6. The third-order valence-corrected chi connectivity index (χ3v) is 5.12. The molecule has 2 heterocycles. The quantitative estimate of drug-likeness (QED) is 0.870.